The van der Waals surface area contributed by atoms with Gasteiger partial charge in [-0.3, -0.25) is 4.79 Å². The second-order valence-electron chi connectivity index (χ2n) is 5.47. The molecule has 23 heavy (non-hydrogen) atoms. The van der Waals surface area contributed by atoms with E-state index in [2.05, 4.69) is 0 Å². The Morgan fingerprint density at radius 2 is 1.65 bits per heavy atom. The van der Waals surface area contributed by atoms with Crippen LogP contribution in [0.25, 0.3) is 11.1 Å². The SMILES string of the molecule is O=C1c2cc(OCc3ccccc3)ccc2-c2c(F)cccc21. The third-order valence-corrected chi connectivity index (χ3v) is 4.01. The minimum absolute atomic E-state index is 0.153. The summed E-state index contributed by atoms with van der Waals surface area (Å²) in [6.07, 6.45) is 0. The first-order chi connectivity index (χ1) is 11.2. The van der Waals surface area contributed by atoms with Crippen molar-refractivity contribution in [2.75, 3.05) is 0 Å². The van der Waals surface area contributed by atoms with E-state index >= 15 is 0 Å². The van der Waals surface area contributed by atoms with Crippen molar-refractivity contribution in [1.29, 1.82) is 0 Å². The summed E-state index contributed by atoms with van der Waals surface area (Å²) in [5.74, 6) is 0.0846. The van der Waals surface area contributed by atoms with E-state index < -0.39 is 0 Å². The number of ether oxygens (including phenoxy) is 1. The van der Waals surface area contributed by atoms with Crippen molar-refractivity contribution in [3.63, 3.8) is 0 Å². The van der Waals surface area contributed by atoms with E-state index in [9.17, 15) is 9.18 Å². The Morgan fingerprint density at radius 1 is 0.826 bits per heavy atom. The number of halogens is 1. The molecule has 3 aromatic rings. The van der Waals surface area contributed by atoms with Crippen LogP contribution in [0.4, 0.5) is 4.39 Å². The molecule has 0 aromatic heterocycles. The Balaban J connectivity index is 1.65. The Labute approximate surface area is 133 Å². The molecule has 4 rings (SSSR count). The molecular weight excluding hydrogens is 291 g/mol. The predicted molar refractivity (Wildman–Crippen MR) is 86.0 cm³/mol. The highest BCUT2D eigenvalue weighted by Gasteiger charge is 2.29. The standard InChI is InChI=1S/C20H13FO2/c21-18-8-4-7-16-19(18)15-10-9-14(11-17(15)20(16)22)23-12-13-5-2-1-3-6-13/h1-11H,12H2. The van der Waals surface area contributed by atoms with Gasteiger partial charge in [0.15, 0.2) is 5.78 Å². The molecule has 1 aliphatic rings. The molecule has 0 heterocycles. The number of fused-ring (bicyclic) bond motifs is 3. The monoisotopic (exact) mass is 304 g/mol. The van der Waals surface area contributed by atoms with Gasteiger partial charge < -0.3 is 4.74 Å². The first kappa shape index (κ1) is 13.7. The van der Waals surface area contributed by atoms with Crippen LogP contribution in [-0.2, 0) is 6.61 Å². The summed E-state index contributed by atoms with van der Waals surface area (Å²) in [6.45, 7) is 0.426. The predicted octanol–water partition coefficient (Wildman–Crippen LogP) is 4.62. The molecule has 0 fully saturated rings. The number of carbonyl (C=O) groups is 1. The molecular formula is C20H13FO2. The molecule has 0 saturated carbocycles. The molecule has 0 atom stereocenters. The van der Waals surface area contributed by atoms with E-state index in [4.69, 9.17) is 4.74 Å². The summed E-state index contributed by atoms with van der Waals surface area (Å²) < 4.78 is 19.8. The summed E-state index contributed by atoms with van der Waals surface area (Å²) >= 11 is 0. The van der Waals surface area contributed by atoms with Crippen LogP contribution in [0.1, 0.15) is 21.5 Å². The van der Waals surface area contributed by atoms with Crippen molar-refractivity contribution in [3.8, 4) is 16.9 Å². The summed E-state index contributed by atoms with van der Waals surface area (Å²) in [4.78, 5) is 12.4. The molecule has 3 heteroatoms. The van der Waals surface area contributed by atoms with Gasteiger partial charge >= 0.3 is 0 Å². The Kier molecular flexibility index (Phi) is 3.19. The van der Waals surface area contributed by atoms with E-state index in [-0.39, 0.29) is 11.6 Å². The lowest BCUT2D eigenvalue weighted by atomic mass is 10.1. The van der Waals surface area contributed by atoms with E-state index in [0.29, 0.717) is 34.6 Å². The van der Waals surface area contributed by atoms with Gasteiger partial charge in [0.25, 0.3) is 0 Å². The largest absolute Gasteiger partial charge is 0.489 e. The van der Waals surface area contributed by atoms with E-state index in [1.54, 1.807) is 30.3 Å². The van der Waals surface area contributed by atoms with Crippen molar-refractivity contribution in [2.24, 2.45) is 0 Å². The van der Waals surface area contributed by atoms with Crippen LogP contribution in [0.3, 0.4) is 0 Å². The molecule has 0 spiro atoms. The zero-order valence-corrected chi connectivity index (χ0v) is 12.3. The summed E-state index contributed by atoms with van der Waals surface area (Å²) in [5.41, 5.74) is 2.99. The molecule has 0 saturated heterocycles. The molecule has 3 aromatic carbocycles. The van der Waals surface area contributed by atoms with Crippen molar-refractivity contribution in [2.45, 2.75) is 6.61 Å². The Bertz CT molecular complexity index is 901. The van der Waals surface area contributed by atoms with Crippen LogP contribution in [0.15, 0.2) is 66.7 Å². The van der Waals surface area contributed by atoms with Gasteiger partial charge in [0.1, 0.15) is 18.2 Å². The fraction of sp³-hybridized carbons (Fsp3) is 0.0500. The Hall–Kier alpha value is -2.94. The van der Waals surface area contributed by atoms with Crippen LogP contribution in [-0.4, -0.2) is 5.78 Å². The van der Waals surface area contributed by atoms with Gasteiger partial charge in [0, 0.05) is 16.7 Å². The summed E-state index contributed by atoms with van der Waals surface area (Å²) in [5, 5.41) is 0. The molecule has 1 aliphatic carbocycles. The molecule has 0 aliphatic heterocycles. The lowest BCUT2D eigenvalue weighted by molar-refractivity contribution is 0.104. The number of carbonyl (C=O) groups excluding carboxylic acids is 1. The second kappa shape index (κ2) is 5.36. The highest BCUT2D eigenvalue weighted by Crippen LogP contribution is 2.39. The van der Waals surface area contributed by atoms with Gasteiger partial charge in [-0.05, 0) is 35.4 Å². The Morgan fingerprint density at radius 3 is 2.48 bits per heavy atom. The normalized spacial score (nSPS) is 12.0. The van der Waals surface area contributed by atoms with Crippen molar-refractivity contribution in [3.05, 3.63) is 89.2 Å². The maximum absolute atomic E-state index is 14.0. The molecule has 0 radical (unpaired) electrons. The number of rotatable bonds is 3. The van der Waals surface area contributed by atoms with Crippen LogP contribution in [0, 0.1) is 5.82 Å². The minimum atomic E-state index is -0.368. The number of ketones is 1. The topological polar surface area (TPSA) is 26.3 Å². The smallest absolute Gasteiger partial charge is 0.194 e. The third-order valence-electron chi connectivity index (χ3n) is 4.01. The molecule has 0 amide bonds. The first-order valence-corrected chi connectivity index (χ1v) is 7.38. The van der Waals surface area contributed by atoms with Crippen molar-refractivity contribution < 1.29 is 13.9 Å². The number of benzene rings is 3. The van der Waals surface area contributed by atoms with E-state index in [0.717, 1.165) is 5.56 Å². The van der Waals surface area contributed by atoms with Crippen LogP contribution >= 0.6 is 0 Å². The van der Waals surface area contributed by atoms with Crippen LogP contribution in [0.2, 0.25) is 0 Å². The fourth-order valence-electron chi connectivity index (χ4n) is 2.89. The zero-order valence-electron chi connectivity index (χ0n) is 12.3. The van der Waals surface area contributed by atoms with Crippen LogP contribution < -0.4 is 4.74 Å². The number of hydrogen-bond acceptors (Lipinski definition) is 2. The second-order valence-corrected chi connectivity index (χ2v) is 5.47. The van der Waals surface area contributed by atoms with E-state index in [1.807, 2.05) is 30.3 Å². The number of hydrogen-bond donors (Lipinski definition) is 0. The average molecular weight is 304 g/mol. The average Bonchev–Trinajstić information content (AvgIpc) is 2.88. The van der Waals surface area contributed by atoms with Gasteiger partial charge in [0.05, 0.1) is 0 Å². The van der Waals surface area contributed by atoms with E-state index in [1.165, 1.54) is 6.07 Å². The fourth-order valence-corrected chi connectivity index (χ4v) is 2.89. The lowest BCUT2D eigenvalue weighted by Crippen LogP contribution is -1.98. The van der Waals surface area contributed by atoms with Gasteiger partial charge in [-0.1, -0.05) is 42.5 Å². The van der Waals surface area contributed by atoms with Crippen LogP contribution in [0.5, 0.6) is 5.75 Å². The van der Waals surface area contributed by atoms with Gasteiger partial charge in [-0.2, -0.15) is 0 Å². The highest BCUT2D eigenvalue weighted by atomic mass is 19.1. The minimum Gasteiger partial charge on any atom is -0.489 e. The third kappa shape index (κ3) is 2.30. The maximum Gasteiger partial charge on any atom is 0.194 e. The highest BCUT2D eigenvalue weighted by molar-refractivity contribution is 6.21. The first-order valence-electron chi connectivity index (χ1n) is 7.38. The molecule has 0 unspecified atom stereocenters. The van der Waals surface area contributed by atoms with Crippen molar-refractivity contribution in [1.82, 2.24) is 0 Å². The molecule has 0 N–H and O–H groups in total. The maximum atomic E-state index is 14.0. The quantitative estimate of drug-likeness (QED) is 0.552. The summed E-state index contributed by atoms with van der Waals surface area (Å²) in [7, 11) is 0. The van der Waals surface area contributed by atoms with Gasteiger partial charge in [-0.15, -0.1) is 0 Å². The lowest BCUT2D eigenvalue weighted by Gasteiger charge is -2.08. The zero-order chi connectivity index (χ0) is 15.8. The summed E-state index contributed by atoms with van der Waals surface area (Å²) in [6, 6.07) is 19.6. The van der Waals surface area contributed by atoms with Gasteiger partial charge in [-0.25, -0.2) is 4.39 Å². The molecule has 2 nitrogen and oxygen atoms in total. The molecule has 112 valence electrons. The van der Waals surface area contributed by atoms with Gasteiger partial charge in [0.2, 0.25) is 0 Å². The van der Waals surface area contributed by atoms with Crippen molar-refractivity contribution >= 4 is 5.78 Å². The molecule has 0 bridgehead atoms.